The van der Waals surface area contributed by atoms with Crippen LogP contribution in [0.4, 0.5) is 0 Å². The monoisotopic (exact) mass is 488 g/mol. The van der Waals surface area contributed by atoms with Crippen LogP contribution < -0.4 is 29.1 Å². The summed E-state index contributed by atoms with van der Waals surface area (Å²) in [5, 5.41) is 0.262. The Morgan fingerprint density at radius 1 is 0.778 bits per heavy atom. The minimum Gasteiger partial charge on any atom is -0.496 e. The molecule has 0 N–H and O–H groups in total. The smallest absolute Gasteiger partial charge is 0.312 e. The van der Waals surface area contributed by atoms with Crippen molar-refractivity contribution in [1.29, 1.82) is 0 Å². The normalized spacial score (nSPS) is 14.7. The lowest BCUT2D eigenvalue weighted by Gasteiger charge is -2.28. The standard InChI is InChI=1S/C28H24O8/c1-31-20-13-22(33-3)21(32-2)10-16(20)17-11-25(30)35-24-14-23(34-4)27-18(29)12-19(36-28(27)26(17)24)15-8-6-5-7-9-15/h5-10,12-14,17H,11H2,1-4H3/t17-/m1/s1. The van der Waals surface area contributed by atoms with Crippen LogP contribution in [0.2, 0.25) is 0 Å². The SMILES string of the molecule is COc1cc(OC)c([C@H]2CC(=O)Oc3cc(OC)c4c(=O)cc(-c5ccccc5)oc4c32)cc1OC. The first-order valence-corrected chi connectivity index (χ1v) is 11.2. The van der Waals surface area contributed by atoms with Crippen LogP contribution in [0, 0.1) is 0 Å². The van der Waals surface area contributed by atoms with E-state index in [4.69, 9.17) is 28.1 Å². The maximum atomic E-state index is 13.3. The van der Waals surface area contributed by atoms with Gasteiger partial charge in [-0.25, -0.2) is 0 Å². The molecule has 1 aromatic heterocycles. The highest BCUT2D eigenvalue weighted by Gasteiger charge is 2.36. The second kappa shape index (κ2) is 9.30. The molecule has 4 aromatic rings. The van der Waals surface area contributed by atoms with Gasteiger partial charge in [0.25, 0.3) is 0 Å². The fourth-order valence-electron chi connectivity index (χ4n) is 4.64. The second-order valence-corrected chi connectivity index (χ2v) is 8.22. The van der Waals surface area contributed by atoms with Gasteiger partial charge in [0.15, 0.2) is 16.9 Å². The summed E-state index contributed by atoms with van der Waals surface area (Å²) in [5.41, 5.74) is 1.95. The quantitative estimate of drug-likeness (QED) is 0.278. The second-order valence-electron chi connectivity index (χ2n) is 8.22. The maximum Gasteiger partial charge on any atom is 0.312 e. The molecule has 1 atom stereocenters. The molecule has 184 valence electrons. The molecule has 8 heteroatoms. The Morgan fingerprint density at radius 2 is 1.44 bits per heavy atom. The Morgan fingerprint density at radius 3 is 2.11 bits per heavy atom. The molecule has 0 fully saturated rings. The Bertz CT molecular complexity index is 1520. The number of carbonyl (C=O) groups is 1. The Hall–Kier alpha value is -4.46. The van der Waals surface area contributed by atoms with Crippen LogP contribution in [0.1, 0.15) is 23.5 Å². The van der Waals surface area contributed by atoms with Gasteiger partial charge in [-0.3, -0.25) is 9.59 Å². The van der Waals surface area contributed by atoms with Crippen LogP contribution in [0.15, 0.2) is 63.8 Å². The van der Waals surface area contributed by atoms with E-state index in [-0.39, 0.29) is 34.3 Å². The molecule has 0 spiro atoms. The van der Waals surface area contributed by atoms with Gasteiger partial charge in [-0.2, -0.15) is 0 Å². The van der Waals surface area contributed by atoms with Crippen molar-refractivity contribution in [1.82, 2.24) is 0 Å². The first kappa shape index (κ1) is 23.3. The number of carbonyl (C=O) groups excluding carboxylic acids is 1. The lowest BCUT2D eigenvalue weighted by Crippen LogP contribution is -2.22. The van der Waals surface area contributed by atoms with Crippen LogP contribution in [0.25, 0.3) is 22.3 Å². The maximum absolute atomic E-state index is 13.3. The molecule has 0 saturated heterocycles. The predicted molar refractivity (Wildman–Crippen MR) is 133 cm³/mol. The van der Waals surface area contributed by atoms with E-state index < -0.39 is 11.9 Å². The van der Waals surface area contributed by atoms with Gasteiger partial charge in [-0.05, 0) is 6.07 Å². The summed E-state index contributed by atoms with van der Waals surface area (Å²) in [5.74, 6) is 1.34. The first-order chi connectivity index (χ1) is 17.5. The Balaban J connectivity index is 1.85. The van der Waals surface area contributed by atoms with E-state index in [1.54, 1.807) is 18.2 Å². The number of fused-ring (bicyclic) bond motifs is 3. The summed E-state index contributed by atoms with van der Waals surface area (Å²) in [6.45, 7) is 0. The molecule has 1 aliphatic heterocycles. The van der Waals surface area contributed by atoms with Crippen LogP contribution in [0.3, 0.4) is 0 Å². The van der Waals surface area contributed by atoms with Crippen molar-refractivity contribution in [3.63, 3.8) is 0 Å². The molecule has 36 heavy (non-hydrogen) atoms. The highest BCUT2D eigenvalue weighted by atomic mass is 16.5. The highest BCUT2D eigenvalue weighted by Crippen LogP contribution is 2.49. The molecule has 0 saturated carbocycles. The molecule has 0 unspecified atom stereocenters. The Kier molecular flexibility index (Phi) is 6.01. The van der Waals surface area contributed by atoms with Crippen molar-refractivity contribution < 1.29 is 32.9 Å². The average molecular weight is 488 g/mol. The summed E-state index contributed by atoms with van der Waals surface area (Å²) >= 11 is 0. The summed E-state index contributed by atoms with van der Waals surface area (Å²) in [4.78, 5) is 26.1. The molecular weight excluding hydrogens is 464 g/mol. The van der Waals surface area contributed by atoms with Gasteiger partial charge < -0.3 is 28.1 Å². The minimum absolute atomic E-state index is 0.000449. The third-order valence-corrected chi connectivity index (χ3v) is 6.30. The molecule has 0 aliphatic carbocycles. The number of esters is 1. The molecule has 3 aromatic carbocycles. The summed E-state index contributed by atoms with van der Waals surface area (Å²) in [7, 11) is 6.05. The summed E-state index contributed by atoms with van der Waals surface area (Å²) < 4.78 is 34.1. The largest absolute Gasteiger partial charge is 0.496 e. The van der Waals surface area contributed by atoms with E-state index >= 15 is 0 Å². The molecule has 1 aliphatic rings. The first-order valence-electron chi connectivity index (χ1n) is 11.2. The summed E-state index contributed by atoms with van der Waals surface area (Å²) in [6, 6.07) is 15.8. The van der Waals surface area contributed by atoms with Gasteiger partial charge in [0, 0.05) is 40.8 Å². The van der Waals surface area contributed by atoms with Crippen molar-refractivity contribution in [3.8, 4) is 40.1 Å². The number of ether oxygens (including phenoxy) is 5. The molecule has 2 heterocycles. The van der Waals surface area contributed by atoms with Crippen molar-refractivity contribution in [2.45, 2.75) is 12.3 Å². The van der Waals surface area contributed by atoms with Crippen molar-refractivity contribution in [2.75, 3.05) is 28.4 Å². The fraction of sp³-hybridized carbons (Fsp3) is 0.214. The molecule has 0 radical (unpaired) electrons. The lowest BCUT2D eigenvalue weighted by atomic mass is 9.84. The van der Waals surface area contributed by atoms with Crippen LogP contribution in [0.5, 0.6) is 28.7 Å². The zero-order chi connectivity index (χ0) is 25.4. The van der Waals surface area contributed by atoms with Gasteiger partial charge in [-0.1, -0.05) is 30.3 Å². The van der Waals surface area contributed by atoms with Gasteiger partial charge in [-0.15, -0.1) is 0 Å². The third kappa shape index (κ3) is 3.80. The molecular formula is C28H24O8. The molecule has 8 nitrogen and oxygen atoms in total. The van der Waals surface area contributed by atoms with E-state index in [1.807, 2.05) is 30.3 Å². The molecule has 0 bridgehead atoms. The topological polar surface area (TPSA) is 93.4 Å². The van der Waals surface area contributed by atoms with Crippen LogP contribution >= 0.6 is 0 Å². The molecule has 0 amide bonds. The van der Waals surface area contributed by atoms with E-state index in [0.29, 0.717) is 34.1 Å². The van der Waals surface area contributed by atoms with E-state index in [2.05, 4.69) is 0 Å². The summed E-state index contributed by atoms with van der Waals surface area (Å²) in [6.07, 6.45) is -0.000449. The third-order valence-electron chi connectivity index (χ3n) is 6.30. The van der Waals surface area contributed by atoms with Gasteiger partial charge in [0.2, 0.25) is 0 Å². The predicted octanol–water partition coefficient (Wildman–Crippen LogP) is 4.94. The van der Waals surface area contributed by atoms with Crippen molar-refractivity contribution in [3.05, 3.63) is 75.9 Å². The number of methoxy groups -OCH3 is 4. The Labute approximate surface area is 206 Å². The van der Waals surface area contributed by atoms with E-state index in [1.165, 1.54) is 34.5 Å². The van der Waals surface area contributed by atoms with E-state index in [0.717, 1.165) is 5.56 Å². The number of rotatable bonds is 6. The highest BCUT2D eigenvalue weighted by molar-refractivity contribution is 5.93. The number of hydrogen-bond acceptors (Lipinski definition) is 8. The van der Waals surface area contributed by atoms with Crippen molar-refractivity contribution in [2.24, 2.45) is 0 Å². The zero-order valence-electron chi connectivity index (χ0n) is 20.2. The van der Waals surface area contributed by atoms with Crippen LogP contribution in [-0.2, 0) is 4.79 Å². The average Bonchev–Trinajstić information content (AvgIpc) is 2.91. The zero-order valence-corrected chi connectivity index (χ0v) is 20.2. The minimum atomic E-state index is -0.557. The van der Waals surface area contributed by atoms with Gasteiger partial charge in [0.1, 0.15) is 34.0 Å². The van der Waals surface area contributed by atoms with E-state index in [9.17, 15) is 9.59 Å². The lowest BCUT2D eigenvalue weighted by molar-refractivity contribution is -0.135. The fourth-order valence-corrected chi connectivity index (χ4v) is 4.64. The number of hydrogen-bond donors (Lipinski definition) is 0. The van der Waals surface area contributed by atoms with Crippen molar-refractivity contribution >= 4 is 16.9 Å². The van der Waals surface area contributed by atoms with Gasteiger partial charge in [0.05, 0.1) is 34.9 Å². The van der Waals surface area contributed by atoms with Gasteiger partial charge >= 0.3 is 5.97 Å². The molecule has 5 rings (SSSR count). The number of benzene rings is 3. The van der Waals surface area contributed by atoms with Crippen LogP contribution in [-0.4, -0.2) is 34.4 Å².